The first-order valence-electron chi connectivity index (χ1n) is 3.83. The molecule has 6 heteroatoms. The average molecular weight is 383 g/mol. The quantitative estimate of drug-likeness (QED) is 0.584. The monoisotopic (exact) mass is 382 g/mol. The van der Waals surface area contributed by atoms with Crippen LogP contribution in [0.4, 0.5) is 0 Å². The van der Waals surface area contributed by atoms with Gasteiger partial charge in [0.2, 0.25) is 0 Å². The second-order valence-corrected chi connectivity index (χ2v) is 6.40. The number of hydrogen-bond acceptors (Lipinski definition) is 3. The maximum atomic E-state index is 9.17. The van der Waals surface area contributed by atoms with Crippen molar-refractivity contribution in [1.29, 1.82) is 0 Å². The molecule has 0 saturated heterocycles. The fourth-order valence-corrected chi connectivity index (χ4v) is 3.73. The van der Waals surface area contributed by atoms with Crippen LogP contribution in [0.2, 0.25) is 0 Å². The van der Waals surface area contributed by atoms with Gasteiger partial charge >= 0.3 is 7.12 Å². The van der Waals surface area contributed by atoms with Gasteiger partial charge in [-0.05, 0) is 56.1 Å². The molecule has 1 aromatic heterocycles. The van der Waals surface area contributed by atoms with Crippen molar-refractivity contribution in [3.8, 4) is 0 Å². The van der Waals surface area contributed by atoms with E-state index in [4.69, 9.17) is 10.0 Å². The van der Waals surface area contributed by atoms with Crippen LogP contribution in [0.5, 0.6) is 0 Å². The van der Waals surface area contributed by atoms with Crippen LogP contribution in [0.3, 0.4) is 0 Å². The molecular formula is C8H5BBrIO2S. The Morgan fingerprint density at radius 1 is 1.36 bits per heavy atom. The third-order valence-electron chi connectivity index (χ3n) is 1.91. The maximum absolute atomic E-state index is 9.17. The SMILES string of the molecule is OB(O)c1ccc(I)c2cc(Br)sc12. The van der Waals surface area contributed by atoms with Gasteiger partial charge in [0.05, 0.1) is 3.79 Å². The predicted molar refractivity (Wildman–Crippen MR) is 72.1 cm³/mol. The maximum Gasteiger partial charge on any atom is 0.489 e. The highest BCUT2D eigenvalue weighted by Crippen LogP contribution is 2.31. The third kappa shape index (κ3) is 1.86. The lowest BCUT2D eigenvalue weighted by atomic mass is 9.80. The topological polar surface area (TPSA) is 40.5 Å². The highest BCUT2D eigenvalue weighted by molar-refractivity contribution is 14.1. The molecule has 0 aliphatic heterocycles. The van der Waals surface area contributed by atoms with E-state index in [0.717, 1.165) is 17.4 Å². The molecule has 1 heterocycles. The zero-order valence-corrected chi connectivity index (χ0v) is 11.4. The van der Waals surface area contributed by atoms with Crippen molar-refractivity contribution in [3.05, 3.63) is 25.6 Å². The lowest BCUT2D eigenvalue weighted by Crippen LogP contribution is -2.29. The first-order chi connectivity index (χ1) is 6.59. The number of thiophene rings is 1. The summed E-state index contributed by atoms with van der Waals surface area (Å²) in [5.74, 6) is 0. The van der Waals surface area contributed by atoms with Crippen molar-refractivity contribution in [2.24, 2.45) is 0 Å². The lowest BCUT2D eigenvalue weighted by molar-refractivity contribution is 0.426. The molecule has 1 aromatic carbocycles. The zero-order valence-electron chi connectivity index (χ0n) is 6.87. The second-order valence-electron chi connectivity index (χ2n) is 2.80. The summed E-state index contributed by atoms with van der Waals surface area (Å²) in [7, 11) is -1.40. The number of fused-ring (bicyclic) bond motifs is 1. The van der Waals surface area contributed by atoms with Crippen LogP contribution >= 0.6 is 49.9 Å². The third-order valence-corrected chi connectivity index (χ3v) is 4.54. The van der Waals surface area contributed by atoms with Crippen molar-refractivity contribution in [2.45, 2.75) is 0 Å². The predicted octanol–water partition coefficient (Wildman–Crippen LogP) is 1.95. The highest BCUT2D eigenvalue weighted by Gasteiger charge is 2.17. The standard InChI is InChI=1S/C8H5BBrIO2S/c10-7-3-4-6(11)2-1-5(9(12)13)8(4)14-7/h1-3,12-13H. The van der Waals surface area contributed by atoms with E-state index in [1.165, 1.54) is 11.3 Å². The molecule has 0 amide bonds. The van der Waals surface area contributed by atoms with Gasteiger partial charge in [-0.1, -0.05) is 6.07 Å². The average Bonchev–Trinajstić information content (AvgIpc) is 2.47. The molecular weight excluding hydrogens is 378 g/mol. The van der Waals surface area contributed by atoms with Gasteiger partial charge in [0.25, 0.3) is 0 Å². The summed E-state index contributed by atoms with van der Waals surface area (Å²) in [6.45, 7) is 0. The van der Waals surface area contributed by atoms with E-state index in [2.05, 4.69) is 38.5 Å². The zero-order chi connectivity index (χ0) is 10.3. The highest BCUT2D eigenvalue weighted by atomic mass is 127. The molecule has 2 nitrogen and oxygen atoms in total. The van der Waals surface area contributed by atoms with Gasteiger partial charge in [0.1, 0.15) is 0 Å². The first-order valence-corrected chi connectivity index (χ1v) is 6.52. The summed E-state index contributed by atoms with van der Waals surface area (Å²) in [4.78, 5) is 0. The van der Waals surface area contributed by atoms with Crippen LogP contribution in [-0.2, 0) is 0 Å². The van der Waals surface area contributed by atoms with Gasteiger partial charge in [0, 0.05) is 13.7 Å². The normalized spacial score (nSPS) is 10.9. The Kier molecular flexibility index (Phi) is 3.18. The van der Waals surface area contributed by atoms with Gasteiger partial charge in [-0.3, -0.25) is 0 Å². The molecule has 0 radical (unpaired) electrons. The molecule has 72 valence electrons. The van der Waals surface area contributed by atoms with Crippen molar-refractivity contribution in [2.75, 3.05) is 0 Å². The Labute approximate surface area is 107 Å². The summed E-state index contributed by atoms with van der Waals surface area (Å²) in [6.07, 6.45) is 0. The van der Waals surface area contributed by atoms with Crippen LogP contribution in [0, 0.1) is 3.57 Å². The van der Waals surface area contributed by atoms with Gasteiger partial charge in [0.15, 0.2) is 0 Å². The van der Waals surface area contributed by atoms with Gasteiger partial charge < -0.3 is 10.0 Å². The van der Waals surface area contributed by atoms with Gasteiger partial charge in [-0.2, -0.15) is 0 Å². The largest absolute Gasteiger partial charge is 0.489 e. The van der Waals surface area contributed by atoms with Crippen LogP contribution in [0.15, 0.2) is 22.0 Å². The lowest BCUT2D eigenvalue weighted by Gasteiger charge is -2.01. The summed E-state index contributed by atoms with van der Waals surface area (Å²) in [5.41, 5.74) is 0.566. The minimum Gasteiger partial charge on any atom is -0.423 e. The fraction of sp³-hybridized carbons (Fsp3) is 0. The van der Waals surface area contributed by atoms with E-state index in [9.17, 15) is 0 Å². The molecule has 14 heavy (non-hydrogen) atoms. The number of rotatable bonds is 1. The van der Waals surface area contributed by atoms with Crippen molar-refractivity contribution in [1.82, 2.24) is 0 Å². The van der Waals surface area contributed by atoms with Crippen LogP contribution in [0.1, 0.15) is 0 Å². The molecule has 0 aliphatic rings. The second kappa shape index (κ2) is 4.09. The fourth-order valence-electron chi connectivity index (χ4n) is 1.28. The van der Waals surface area contributed by atoms with Gasteiger partial charge in [-0.15, -0.1) is 11.3 Å². The van der Waals surface area contributed by atoms with E-state index in [1.807, 2.05) is 12.1 Å². The summed E-state index contributed by atoms with van der Waals surface area (Å²) in [5, 5.41) is 19.4. The first kappa shape index (κ1) is 10.9. The van der Waals surface area contributed by atoms with E-state index < -0.39 is 7.12 Å². The molecule has 0 bridgehead atoms. The molecule has 0 spiro atoms. The van der Waals surface area contributed by atoms with Crippen molar-refractivity contribution in [3.63, 3.8) is 0 Å². The molecule has 2 N–H and O–H groups in total. The molecule has 0 aliphatic carbocycles. The minimum absolute atomic E-state index is 0.566. The number of hydrogen-bond donors (Lipinski definition) is 2. The molecule has 2 aromatic rings. The van der Waals surface area contributed by atoms with Gasteiger partial charge in [-0.25, -0.2) is 0 Å². The van der Waals surface area contributed by atoms with E-state index in [-0.39, 0.29) is 0 Å². The summed E-state index contributed by atoms with van der Waals surface area (Å²) in [6, 6.07) is 5.63. The van der Waals surface area contributed by atoms with Crippen LogP contribution < -0.4 is 5.46 Å². The Morgan fingerprint density at radius 2 is 2.07 bits per heavy atom. The van der Waals surface area contributed by atoms with Crippen molar-refractivity contribution < 1.29 is 10.0 Å². The summed E-state index contributed by atoms with van der Waals surface area (Å²) < 4.78 is 3.04. The van der Waals surface area contributed by atoms with E-state index in [1.54, 1.807) is 6.07 Å². The summed E-state index contributed by atoms with van der Waals surface area (Å²) >= 11 is 7.14. The van der Waals surface area contributed by atoms with Crippen molar-refractivity contribution >= 4 is 72.5 Å². The number of benzene rings is 1. The molecule has 0 saturated carbocycles. The molecule has 2 rings (SSSR count). The Balaban J connectivity index is 2.81. The minimum atomic E-state index is -1.40. The van der Waals surface area contributed by atoms with Crippen LogP contribution in [-0.4, -0.2) is 17.2 Å². The molecule has 0 fully saturated rings. The number of halogens is 2. The molecule has 0 atom stereocenters. The van der Waals surface area contributed by atoms with E-state index in [0.29, 0.717) is 5.46 Å². The Bertz CT molecular complexity index is 485. The van der Waals surface area contributed by atoms with E-state index >= 15 is 0 Å². The Morgan fingerprint density at radius 3 is 2.71 bits per heavy atom. The Hall–Kier alpha value is 0.375. The molecule has 0 unspecified atom stereocenters. The van der Waals surface area contributed by atoms with Crippen LogP contribution in [0.25, 0.3) is 10.1 Å². The smallest absolute Gasteiger partial charge is 0.423 e.